The van der Waals surface area contributed by atoms with Crippen molar-refractivity contribution in [2.45, 2.75) is 17.1 Å². The van der Waals surface area contributed by atoms with Gasteiger partial charge in [0.25, 0.3) is 11.6 Å². The summed E-state index contributed by atoms with van der Waals surface area (Å²) in [4.78, 5) is 36.2. The van der Waals surface area contributed by atoms with E-state index < -0.39 is 10.2 Å². The molecule has 0 bridgehead atoms. The van der Waals surface area contributed by atoms with Crippen LogP contribution in [0, 0.1) is 10.1 Å². The van der Waals surface area contributed by atoms with Crippen LogP contribution in [0.15, 0.2) is 71.6 Å². The van der Waals surface area contributed by atoms with Gasteiger partial charge in [0.15, 0.2) is 11.5 Å². The number of amides is 2. The fraction of sp³-hybridized carbons (Fsp3) is 0.167. The molecule has 0 aliphatic carbocycles. The lowest BCUT2D eigenvalue weighted by Gasteiger charge is -2.19. The molecule has 0 aromatic heterocycles. The van der Waals surface area contributed by atoms with E-state index in [4.69, 9.17) is 9.47 Å². The first-order valence-electron chi connectivity index (χ1n) is 10.4. The molecular weight excluding hydrogens is 458 g/mol. The van der Waals surface area contributed by atoms with Crippen LogP contribution in [-0.2, 0) is 4.79 Å². The number of nitrogens with one attached hydrogen (secondary N) is 2. The first-order chi connectivity index (χ1) is 16.4. The number of rotatable bonds is 7. The van der Waals surface area contributed by atoms with Gasteiger partial charge in [-0.1, -0.05) is 6.07 Å². The molecule has 0 saturated carbocycles. The summed E-state index contributed by atoms with van der Waals surface area (Å²) in [6.45, 7) is 2.76. The van der Waals surface area contributed by atoms with Crippen molar-refractivity contribution in [2.75, 3.05) is 23.8 Å². The van der Waals surface area contributed by atoms with E-state index in [0.29, 0.717) is 41.7 Å². The Morgan fingerprint density at radius 3 is 2.38 bits per heavy atom. The monoisotopic (exact) mass is 479 g/mol. The highest BCUT2D eigenvalue weighted by molar-refractivity contribution is 8.00. The molecule has 3 aromatic carbocycles. The van der Waals surface area contributed by atoms with E-state index in [1.54, 1.807) is 43.3 Å². The zero-order valence-electron chi connectivity index (χ0n) is 18.1. The average molecular weight is 480 g/mol. The zero-order chi connectivity index (χ0) is 24.1. The normalized spacial score (nSPS) is 13.0. The fourth-order valence-electron chi connectivity index (χ4n) is 3.21. The Balaban J connectivity index is 1.36. The lowest BCUT2D eigenvalue weighted by molar-refractivity contribution is -0.384. The van der Waals surface area contributed by atoms with Gasteiger partial charge in [0, 0.05) is 40.0 Å². The minimum absolute atomic E-state index is 0.0848. The van der Waals surface area contributed by atoms with Crippen molar-refractivity contribution in [3.63, 3.8) is 0 Å². The number of nitro benzene ring substituents is 1. The molecule has 4 rings (SSSR count). The molecule has 0 radical (unpaired) electrons. The van der Waals surface area contributed by atoms with Crippen LogP contribution in [-0.4, -0.2) is 35.2 Å². The number of ether oxygens (including phenoxy) is 2. The van der Waals surface area contributed by atoms with E-state index in [9.17, 15) is 19.7 Å². The van der Waals surface area contributed by atoms with E-state index in [2.05, 4.69) is 10.6 Å². The topological polar surface area (TPSA) is 120 Å². The van der Waals surface area contributed by atoms with Gasteiger partial charge in [0.1, 0.15) is 13.2 Å². The van der Waals surface area contributed by atoms with Gasteiger partial charge in [-0.15, -0.1) is 11.8 Å². The van der Waals surface area contributed by atoms with Crippen molar-refractivity contribution in [3.05, 3.63) is 82.4 Å². The van der Waals surface area contributed by atoms with E-state index in [1.807, 2.05) is 6.07 Å². The van der Waals surface area contributed by atoms with Gasteiger partial charge in [-0.3, -0.25) is 19.7 Å². The summed E-state index contributed by atoms with van der Waals surface area (Å²) in [6.07, 6.45) is 0. The fourth-order valence-corrected chi connectivity index (χ4v) is 4.13. The third kappa shape index (κ3) is 5.65. The van der Waals surface area contributed by atoms with Crippen LogP contribution in [0.25, 0.3) is 0 Å². The van der Waals surface area contributed by atoms with Crippen molar-refractivity contribution < 1.29 is 24.0 Å². The third-order valence-corrected chi connectivity index (χ3v) is 6.02. The predicted octanol–water partition coefficient (Wildman–Crippen LogP) is 4.74. The quantitative estimate of drug-likeness (QED) is 0.285. The molecule has 1 atom stereocenters. The van der Waals surface area contributed by atoms with Gasteiger partial charge in [-0.2, -0.15) is 0 Å². The minimum atomic E-state index is -0.520. The highest BCUT2D eigenvalue weighted by atomic mass is 32.2. The van der Waals surface area contributed by atoms with E-state index in [0.717, 1.165) is 4.90 Å². The molecule has 2 N–H and O–H groups in total. The Bertz CT molecular complexity index is 1230. The van der Waals surface area contributed by atoms with E-state index in [1.165, 1.54) is 36.0 Å². The van der Waals surface area contributed by atoms with Gasteiger partial charge in [0.05, 0.1) is 10.2 Å². The minimum Gasteiger partial charge on any atom is -0.486 e. The van der Waals surface area contributed by atoms with Crippen LogP contribution in [0.5, 0.6) is 11.5 Å². The first kappa shape index (κ1) is 23.1. The Labute approximate surface area is 199 Å². The van der Waals surface area contributed by atoms with Crippen LogP contribution in [0.2, 0.25) is 0 Å². The number of carbonyl (C=O) groups is 2. The molecule has 1 unspecified atom stereocenters. The van der Waals surface area contributed by atoms with Gasteiger partial charge in [-0.05, 0) is 49.4 Å². The summed E-state index contributed by atoms with van der Waals surface area (Å²) in [7, 11) is 0. The molecule has 0 saturated heterocycles. The second-order valence-corrected chi connectivity index (χ2v) is 8.81. The Kier molecular flexibility index (Phi) is 6.98. The van der Waals surface area contributed by atoms with Crippen molar-refractivity contribution in [1.82, 2.24) is 0 Å². The molecule has 174 valence electrons. The van der Waals surface area contributed by atoms with Crippen molar-refractivity contribution >= 4 is 40.6 Å². The molecule has 0 spiro atoms. The molecule has 9 nitrogen and oxygen atoms in total. The van der Waals surface area contributed by atoms with Crippen LogP contribution in [0.1, 0.15) is 17.3 Å². The van der Waals surface area contributed by atoms with Gasteiger partial charge < -0.3 is 20.1 Å². The Morgan fingerprint density at radius 1 is 0.941 bits per heavy atom. The Hall–Kier alpha value is -4.05. The molecule has 1 heterocycles. The summed E-state index contributed by atoms with van der Waals surface area (Å²) in [6, 6.07) is 17.7. The highest BCUT2D eigenvalue weighted by Gasteiger charge is 2.18. The molecule has 1 aliphatic rings. The predicted molar refractivity (Wildman–Crippen MR) is 129 cm³/mol. The first-order valence-corrected chi connectivity index (χ1v) is 11.3. The number of hydrogen-bond donors (Lipinski definition) is 2. The molecule has 0 fully saturated rings. The summed E-state index contributed by atoms with van der Waals surface area (Å²) in [5.74, 6) is 0.684. The number of nitro groups is 1. The third-order valence-electron chi connectivity index (χ3n) is 4.92. The summed E-state index contributed by atoms with van der Waals surface area (Å²) in [5, 5.41) is 16.0. The molecular formula is C24H21N3O6S. The number of fused-ring (bicyclic) bond motifs is 1. The van der Waals surface area contributed by atoms with Crippen molar-refractivity contribution in [3.8, 4) is 11.5 Å². The number of carbonyl (C=O) groups excluding carboxylic acids is 2. The van der Waals surface area contributed by atoms with Crippen molar-refractivity contribution in [2.24, 2.45) is 0 Å². The maximum Gasteiger partial charge on any atom is 0.269 e. The lowest BCUT2D eigenvalue weighted by atomic mass is 10.2. The Morgan fingerprint density at radius 2 is 1.65 bits per heavy atom. The van der Waals surface area contributed by atoms with Crippen LogP contribution < -0.4 is 20.1 Å². The van der Waals surface area contributed by atoms with Crippen molar-refractivity contribution in [1.29, 1.82) is 0 Å². The van der Waals surface area contributed by atoms with Crippen LogP contribution in [0.4, 0.5) is 17.1 Å². The van der Waals surface area contributed by atoms with Crippen LogP contribution >= 0.6 is 11.8 Å². The molecule has 1 aliphatic heterocycles. The number of non-ortho nitro benzene ring substituents is 1. The zero-order valence-corrected chi connectivity index (χ0v) is 19.0. The average Bonchev–Trinajstić information content (AvgIpc) is 2.84. The summed E-state index contributed by atoms with van der Waals surface area (Å²) < 4.78 is 11.0. The maximum atomic E-state index is 12.7. The second kappa shape index (κ2) is 10.3. The number of nitrogens with zero attached hydrogens (tertiary/aromatic N) is 1. The molecule has 3 aromatic rings. The molecule has 34 heavy (non-hydrogen) atoms. The SMILES string of the molecule is CC(Sc1cccc(NC(=O)c2ccc([N+](=O)[O-])cc2)c1)C(=O)Nc1ccc2c(c1)OCCO2. The summed E-state index contributed by atoms with van der Waals surface area (Å²) >= 11 is 1.35. The largest absolute Gasteiger partial charge is 0.486 e. The van der Waals surface area contributed by atoms with Crippen LogP contribution in [0.3, 0.4) is 0 Å². The standard InChI is InChI=1S/C24H21N3O6S/c1-15(23(28)25-18-7-10-21-22(14-18)33-12-11-32-21)34-20-4-2-3-17(13-20)26-24(29)16-5-8-19(9-6-16)27(30)31/h2-10,13-15H,11-12H2,1H3,(H,25,28)(H,26,29). The summed E-state index contributed by atoms with van der Waals surface area (Å²) in [5.41, 5.74) is 1.38. The molecule has 2 amide bonds. The number of thioether (sulfide) groups is 1. The molecule has 10 heteroatoms. The van der Waals surface area contributed by atoms with Gasteiger partial charge in [-0.25, -0.2) is 0 Å². The maximum absolute atomic E-state index is 12.7. The highest BCUT2D eigenvalue weighted by Crippen LogP contribution is 2.33. The number of hydrogen-bond acceptors (Lipinski definition) is 7. The van der Waals surface area contributed by atoms with Gasteiger partial charge >= 0.3 is 0 Å². The second-order valence-electron chi connectivity index (χ2n) is 7.39. The lowest BCUT2D eigenvalue weighted by Crippen LogP contribution is -2.22. The van der Waals surface area contributed by atoms with E-state index >= 15 is 0 Å². The number of anilines is 2. The number of benzene rings is 3. The van der Waals surface area contributed by atoms with Gasteiger partial charge in [0.2, 0.25) is 5.91 Å². The smallest absolute Gasteiger partial charge is 0.269 e. The van der Waals surface area contributed by atoms with E-state index in [-0.39, 0.29) is 17.5 Å².